The molecule has 2 aromatic rings. The number of carbonyl (C=O) groups is 3. The van der Waals surface area contributed by atoms with Crippen LogP contribution in [0.1, 0.15) is 20.9 Å². The summed E-state index contributed by atoms with van der Waals surface area (Å²) in [4.78, 5) is 36.1. The van der Waals surface area contributed by atoms with Crippen molar-refractivity contribution in [3.05, 3.63) is 53.5 Å². The van der Waals surface area contributed by atoms with Crippen LogP contribution in [-0.4, -0.2) is 24.0 Å². The van der Waals surface area contributed by atoms with Gasteiger partial charge in [0, 0.05) is 0 Å². The van der Waals surface area contributed by atoms with Crippen molar-refractivity contribution in [3.8, 4) is 0 Å². The van der Waals surface area contributed by atoms with Gasteiger partial charge in [0.05, 0.1) is 24.1 Å². The van der Waals surface area contributed by atoms with Gasteiger partial charge in [0.2, 0.25) is 5.78 Å². The Morgan fingerprint density at radius 2 is 1.86 bits per heavy atom. The number of hydrogen-bond acceptors (Lipinski definition) is 4. The fourth-order valence-corrected chi connectivity index (χ4v) is 2.16. The van der Waals surface area contributed by atoms with E-state index in [2.05, 4.69) is 0 Å². The Morgan fingerprint density at radius 3 is 2.52 bits per heavy atom. The Kier molecular flexibility index (Phi) is 2.90. The molecule has 106 valence electrons. The zero-order valence-corrected chi connectivity index (χ0v) is 10.4. The number of benzene rings is 1. The number of hydrogen-bond donors (Lipinski definition) is 0. The van der Waals surface area contributed by atoms with E-state index in [1.807, 2.05) is 0 Å². The number of nitrogens with zero attached hydrogens (tertiary/aromatic N) is 1. The molecule has 0 N–H and O–H groups in total. The first kappa shape index (κ1) is 13.2. The number of rotatable bonds is 3. The molecule has 1 aromatic heterocycles. The molecule has 21 heavy (non-hydrogen) atoms. The van der Waals surface area contributed by atoms with E-state index < -0.39 is 46.9 Å². The summed E-state index contributed by atoms with van der Waals surface area (Å²) in [5.41, 5.74) is -1.16. The van der Waals surface area contributed by atoms with Crippen LogP contribution >= 0.6 is 0 Å². The van der Waals surface area contributed by atoms with Crippen LogP contribution in [0.2, 0.25) is 0 Å². The molecule has 1 aliphatic rings. The molecular weight excluding hydrogens is 284 g/mol. The van der Waals surface area contributed by atoms with Crippen LogP contribution < -0.4 is 4.90 Å². The van der Waals surface area contributed by atoms with E-state index in [-0.39, 0.29) is 5.76 Å². The molecule has 0 bridgehead atoms. The molecule has 1 aliphatic heterocycles. The number of fused-ring (bicyclic) bond motifs is 1. The van der Waals surface area contributed by atoms with Gasteiger partial charge < -0.3 is 4.42 Å². The number of anilines is 1. The first-order valence-electron chi connectivity index (χ1n) is 5.91. The van der Waals surface area contributed by atoms with Crippen LogP contribution in [0.25, 0.3) is 0 Å². The van der Waals surface area contributed by atoms with Gasteiger partial charge in [0.1, 0.15) is 11.6 Å². The molecule has 7 heteroatoms. The summed E-state index contributed by atoms with van der Waals surface area (Å²) in [5.74, 6) is -4.93. The number of carbonyl (C=O) groups excluding carboxylic acids is 3. The quantitative estimate of drug-likeness (QED) is 0.640. The lowest BCUT2D eigenvalue weighted by molar-refractivity contribution is -0.114. The fourth-order valence-electron chi connectivity index (χ4n) is 2.16. The van der Waals surface area contributed by atoms with Crippen LogP contribution in [0.4, 0.5) is 14.5 Å². The lowest BCUT2D eigenvalue weighted by atomic mass is 10.1. The molecule has 5 nitrogen and oxygen atoms in total. The van der Waals surface area contributed by atoms with Gasteiger partial charge in [-0.15, -0.1) is 0 Å². The van der Waals surface area contributed by atoms with Crippen LogP contribution in [0.3, 0.4) is 0 Å². The van der Waals surface area contributed by atoms with Gasteiger partial charge in [-0.05, 0) is 24.3 Å². The minimum Gasteiger partial charge on any atom is -0.461 e. The van der Waals surface area contributed by atoms with E-state index in [9.17, 15) is 23.2 Å². The van der Waals surface area contributed by atoms with E-state index in [1.54, 1.807) is 0 Å². The average Bonchev–Trinajstić information content (AvgIpc) is 3.06. The van der Waals surface area contributed by atoms with Gasteiger partial charge in [-0.25, -0.2) is 8.78 Å². The number of amides is 1. The molecule has 0 spiro atoms. The van der Waals surface area contributed by atoms with E-state index in [0.29, 0.717) is 4.90 Å². The van der Waals surface area contributed by atoms with Crippen LogP contribution in [0.15, 0.2) is 34.9 Å². The van der Waals surface area contributed by atoms with Crippen molar-refractivity contribution in [1.29, 1.82) is 0 Å². The monoisotopic (exact) mass is 291 g/mol. The maximum absolute atomic E-state index is 13.8. The number of Topliss-reactive ketones (excluding diaryl/α,β-unsaturated/α-hetero) is 2. The van der Waals surface area contributed by atoms with Gasteiger partial charge >= 0.3 is 0 Å². The van der Waals surface area contributed by atoms with Crippen molar-refractivity contribution in [2.45, 2.75) is 0 Å². The molecule has 0 radical (unpaired) electrons. The summed E-state index contributed by atoms with van der Waals surface area (Å²) in [7, 11) is 0. The molecule has 0 saturated carbocycles. The number of furan rings is 1. The summed E-state index contributed by atoms with van der Waals surface area (Å²) in [6, 6.07) is 4.40. The third kappa shape index (κ3) is 1.94. The predicted molar refractivity (Wildman–Crippen MR) is 66.1 cm³/mol. The largest absolute Gasteiger partial charge is 0.461 e. The van der Waals surface area contributed by atoms with Gasteiger partial charge in [-0.3, -0.25) is 19.3 Å². The van der Waals surface area contributed by atoms with Crippen LogP contribution in [-0.2, 0) is 4.79 Å². The topological polar surface area (TPSA) is 67.6 Å². The average molecular weight is 291 g/mol. The van der Waals surface area contributed by atoms with E-state index in [1.165, 1.54) is 18.4 Å². The highest BCUT2D eigenvalue weighted by molar-refractivity contribution is 6.52. The van der Waals surface area contributed by atoms with E-state index >= 15 is 0 Å². The summed E-state index contributed by atoms with van der Waals surface area (Å²) in [5, 5.41) is 0. The third-order valence-electron chi connectivity index (χ3n) is 3.11. The van der Waals surface area contributed by atoms with Crippen molar-refractivity contribution in [2.75, 3.05) is 11.4 Å². The molecule has 1 aromatic carbocycles. The molecular formula is C14H7F2NO4. The minimum absolute atomic E-state index is 0.0412. The SMILES string of the molecule is O=C(CN1C(=O)C(=O)c2c(F)ccc(F)c21)c1ccco1. The second-order valence-electron chi connectivity index (χ2n) is 4.37. The normalized spacial score (nSPS) is 13.7. The molecule has 0 saturated heterocycles. The zero-order valence-electron chi connectivity index (χ0n) is 10.4. The Labute approximate surface area is 116 Å². The van der Waals surface area contributed by atoms with Gasteiger partial charge in [0.25, 0.3) is 11.7 Å². The van der Waals surface area contributed by atoms with E-state index in [0.717, 1.165) is 12.1 Å². The molecule has 2 heterocycles. The molecule has 0 unspecified atom stereocenters. The maximum Gasteiger partial charge on any atom is 0.300 e. The fraction of sp³-hybridized carbons (Fsp3) is 0.0714. The van der Waals surface area contributed by atoms with Crippen molar-refractivity contribution >= 4 is 23.2 Å². The summed E-state index contributed by atoms with van der Waals surface area (Å²) < 4.78 is 32.3. The molecule has 0 aliphatic carbocycles. The highest BCUT2D eigenvalue weighted by Crippen LogP contribution is 2.33. The summed E-state index contributed by atoms with van der Waals surface area (Å²) in [6.45, 7) is -0.606. The minimum atomic E-state index is -1.17. The first-order valence-corrected chi connectivity index (χ1v) is 5.91. The number of halogens is 2. The predicted octanol–water partition coefficient (Wildman–Crippen LogP) is 1.97. The van der Waals surface area contributed by atoms with Gasteiger partial charge in [-0.1, -0.05) is 0 Å². The maximum atomic E-state index is 13.8. The summed E-state index contributed by atoms with van der Waals surface area (Å²) >= 11 is 0. The third-order valence-corrected chi connectivity index (χ3v) is 3.11. The second-order valence-corrected chi connectivity index (χ2v) is 4.37. The summed E-state index contributed by atoms with van der Waals surface area (Å²) in [6.07, 6.45) is 1.26. The molecule has 1 amide bonds. The first-order chi connectivity index (χ1) is 10.0. The molecule has 0 atom stereocenters. The van der Waals surface area contributed by atoms with Crippen LogP contribution in [0, 0.1) is 11.6 Å². The van der Waals surface area contributed by atoms with Crippen LogP contribution in [0.5, 0.6) is 0 Å². The Balaban J connectivity index is 2.02. The van der Waals surface area contributed by atoms with Gasteiger partial charge in [0.15, 0.2) is 5.76 Å². The number of ketones is 2. The smallest absolute Gasteiger partial charge is 0.300 e. The molecule has 3 rings (SSSR count). The van der Waals surface area contributed by atoms with Crippen molar-refractivity contribution in [1.82, 2.24) is 0 Å². The lowest BCUT2D eigenvalue weighted by Crippen LogP contribution is -2.35. The lowest BCUT2D eigenvalue weighted by Gasteiger charge is -2.15. The highest BCUT2D eigenvalue weighted by Gasteiger charge is 2.41. The highest BCUT2D eigenvalue weighted by atomic mass is 19.1. The van der Waals surface area contributed by atoms with Crippen molar-refractivity contribution in [3.63, 3.8) is 0 Å². The van der Waals surface area contributed by atoms with Crippen molar-refractivity contribution in [2.24, 2.45) is 0 Å². The Morgan fingerprint density at radius 1 is 1.14 bits per heavy atom. The standard InChI is InChI=1S/C14H7F2NO4/c15-7-3-4-8(16)12-11(7)13(19)14(20)17(12)6-9(18)10-2-1-5-21-10/h1-5H,6H2. The van der Waals surface area contributed by atoms with Crippen molar-refractivity contribution < 1.29 is 27.6 Å². The zero-order chi connectivity index (χ0) is 15.1. The van der Waals surface area contributed by atoms with E-state index in [4.69, 9.17) is 4.42 Å². The Hall–Kier alpha value is -2.83. The molecule has 0 fully saturated rings. The van der Waals surface area contributed by atoms with Gasteiger partial charge in [-0.2, -0.15) is 0 Å². The second kappa shape index (κ2) is 4.62. The Bertz CT molecular complexity index is 768.